The number of hydrogen-bond donors (Lipinski definition) is 2. The third-order valence-electron chi connectivity index (χ3n) is 2.49. The monoisotopic (exact) mass is 364 g/mol. The normalized spacial score (nSPS) is 12.0. The van der Waals surface area contributed by atoms with E-state index in [4.69, 9.17) is 10.5 Å². The van der Waals surface area contributed by atoms with E-state index in [1.54, 1.807) is 6.07 Å². The van der Waals surface area contributed by atoms with Gasteiger partial charge in [-0.15, -0.1) is 0 Å². The number of anilines is 1. The predicted octanol–water partition coefficient (Wildman–Crippen LogP) is 2.37. The average Bonchev–Trinajstić information content (AvgIpc) is 2.36. The Labute approximate surface area is 129 Å². The molecule has 0 unspecified atom stereocenters. The van der Waals surface area contributed by atoms with Crippen LogP contribution in [0.1, 0.15) is 20.3 Å². The molecule has 0 aromatic heterocycles. The molecular formula is C13H21BrN2O3S. The molecule has 20 heavy (non-hydrogen) atoms. The summed E-state index contributed by atoms with van der Waals surface area (Å²) in [6.45, 7) is 5.72. The predicted molar refractivity (Wildman–Crippen MR) is 84.0 cm³/mol. The standard InChI is InChI=1S/C13H21BrN2O3S/c1-10(2)9-19-7-3-6-16-20(17,18)11-4-5-12(14)13(15)8-11/h4-5,8,10,16H,3,6-7,9,15H2,1-2H3. The number of nitrogens with one attached hydrogen (secondary N) is 1. The Bertz CT molecular complexity index is 532. The highest BCUT2D eigenvalue weighted by molar-refractivity contribution is 9.10. The molecule has 0 saturated carbocycles. The highest BCUT2D eigenvalue weighted by Crippen LogP contribution is 2.22. The zero-order valence-electron chi connectivity index (χ0n) is 11.7. The molecule has 0 aliphatic carbocycles. The lowest BCUT2D eigenvalue weighted by Gasteiger charge is -2.09. The van der Waals surface area contributed by atoms with Gasteiger partial charge in [0.05, 0.1) is 4.90 Å². The Morgan fingerprint density at radius 2 is 2.10 bits per heavy atom. The summed E-state index contributed by atoms with van der Waals surface area (Å²) in [5, 5.41) is 0. The second kappa shape index (κ2) is 7.97. The van der Waals surface area contributed by atoms with Crippen LogP contribution in [0.15, 0.2) is 27.6 Å². The molecule has 0 spiro atoms. The quantitative estimate of drug-likeness (QED) is 0.547. The molecule has 1 aromatic carbocycles. The summed E-state index contributed by atoms with van der Waals surface area (Å²) in [5.41, 5.74) is 6.08. The van der Waals surface area contributed by atoms with Crippen LogP contribution in [0.4, 0.5) is 5.69 Å². The molecule has 7 heteroatoms. The summed E-state index contributed by atoms with van der Waals surface area (Å²) >= 11 is 3.23. The first kappa shape index (κ1) is 17.4. The average molecular weight is 365 g/mol. The minimum absolute atomic E-state index is 0.168. The fraction of sp³-hybridized carbons (Fsp3) is 0.538. The number of halogens is 1. The van der Waals surface area contributed by atoms with Crippen LogP contribution in [0, 0.1) is 5.92 Å². The maximum absolute atomic E-state index is 12.0. The molecule has 0 amide bonds. The minimum atomic E-state index is -3.51. The van der Waals surface area contributed by atoms with E-state index >= 15 is 0 Å². The number of benzene rings is 1. The van der Waals surface area contributed by atoms with Gasteiger partial charge in [0.1, 0.15) is 0 Å². The zero-order chi connectivity index (χ0) is 15.2. The third kappa shape index (κ3) is 5.78. The van der Waals surface area contributed by atoms with Crippen LogP contribution in [-0.2, 0) is 14.8 Å². The number of sulfonamides is 1. The van der Waals surface area contributed by atoms with Crippen LogP contribution >= 0.6 is 15.9 Å². The van der Waals surface area contributed by atoms with Gasteiger partial charge in [0.25, 0.3) is 0 Å². The van der Waals surface area contributed by atoms with Crippen molar-refractivity contribution in [1.82, 2.24) is 4.72 Å². The van der Waals surface area contributed by atoms with Crippen molar-refractivity contribution in [3.63, 3.8) is 0 Å². The van der Waals surface area contributed by atoms with E-state index in [1.165, 1.54) is 12.1 Å². The molecule has 1 aromatic rings. The Morgan fingerprint density at radius 1 is 1.40 bits per heavy atom. The Balaban J connectivity index is 2.43. The number of hydrogen-bond acceptors (Lipinski definition) is 4. The van der Waals surface area contributed by atoms with Crippen molar-refractivity contribution in [3.8, 4) is 0 Å². The Hall–Kier alpha value is -0.630. The maximum Gasteiger partial charge on any atom is 0.240 e. The van der Waals surface area contributed by atoms with E-state index < -0.39 is 10.0 Å². The second-order valence-electron chi connectivity index (χ2n) is 4.90. The molecule has 5 nitrogen and oxygen atoms in total. The number of nitrogens with two attached hydrogens (primary N) is 1. The van der Waals surface area contributed by atoms with Gasteiger partial charge in [0, 0.05) is 29.9 Å². The van der Waals surface area contributed by atoms with Crippen LogP contribution in [0.5, 0.6) is 0 Å². The van der Waals surface area contributed by atoms with Gasteiger partial charge in [-0.2, -0.15) is 0 Å². The van der Waals surface area contributed by atoms with E-state index in [0.29, 0.717) is 42.3 Å². The van der Waals surface area contributed by atoms with Gasteiger partial charge in [-0.25, -0.2) is 13.1 Å². The topological polar surface area (TPSA) is 81.4 Å². The SMILES string of the molecule is CC(C)COCCCNS(=O)(=O)c1ccc(Br)c(N)c1. The van der Waals surface area contributed by atoms with E-state index in [1.807, 2.05) is 0 Å². The minimum Gasteiger partial charge on any atom is -0.398 e. The highest BCUT2D eigenvalue weighted by Gasteiger charge is 2.14. The van der Waals surface area contributed by atoms with Crippen molar-refractivity contribution < 1.29 is 13.2 Å². The molecule has 3 N–H and O–H groups in total. The summed E-state index contributed by atoms with van der Waals surface area (Å²) in [5.74, 6) is 0.484. The lowest BCUT2D eigenvalue weighted by atomic mass is 10.2. The molecule has 1 rings (SSSR count). The molecule has 0 heterocycles. The fourth-order valence-electron chi connectivity index (χ4n) is 1.47. The lowest BCUT2D eigenvalue weighted by Crippen LogP contribution is -2.25. The summed E-state index contributed by atoms with van der Waals surface area (Å²) < 4.78 is 32.6. The number of rotatable bonds is 8. The third-order valence-corrected chi connectivity index (χ3v) is 4.67. The first-order chi connectivity index (χ1) is 9.33. The molecule has 0 atom stereocenters. The zero-order valence-corrected chi connectivity index (χ0v) is 14.1. The highest BCUT2D eigenvalue weighted by atomic mass is 79.9. The largest absolute Gasteiger partial charge is 0.398 e. The van der Waals surface area contributed by atoms with E-state index in [-0.39, 0.29) is 4.90 Å². The molecule has 0 bridgehead atoms. The molecule has 0 radical (unpaired) electrons. The van der Waals surface area contributed by atoms with Crippen LogP contribution in [0.3, 0.4) is 0 Å². The van der Waals surface area contributed by atoms with Crippen LogP contribution in [0.25, 0.3) is 0 Å². The van der Waals surface area contributed by atoms with Gasteiger partial charge in [0.15, 0.2) is 0 Å². The van der Waals surface area contributed by atoms with Crippen molar-refractivity contribution in [2.75, 3.05) is 25.5 Å². The fourth-order valence-corrected chi connectivity index (χ4v) is 2.83. The second-order valence-corrected chi connectivity index (χ2v) is 7.52. The van der Waals surface area contributed by atoms with E-state index in [0.717, 1.165) is 0 Å². The molecule has 0 saturated heterocycles. The first-order valence-electron chi connectivity index (χ1n) is 6.45. The summed E-state index contributed by atoms with van der Waals surface area (Å²) in [4.78, 5) is 0.168. The van der Waals surface area contributed by atoms with Gasteiger partial charge in [0.2, 0.25) is 10.0 Å². The van der Waals surface area contributed by atoms with E-state index in [9.17, 15) is 8.42 Å². The lowest BCUT2D eigenvalue weighted by molar-refractivity contribution is 0.108. The van der Waals surface area contributed by atoms with Gasteiger partial charge in [-0.1, -0.05) is 13.8 Å². The van der Waals surface area contributed by atoms with Crippen LogP contribution < -0.4 is 10.5 Å². The number of nitrogen functional groups attached to an aromatic ring is 1. The van der Waals surface area contributed by atoms with Crippen molar-refractivity contribution in [3.05, 3.63) is 22.7 Å². The van der Waals surface area contributed by atoms with E-state index in [2.05, 4.69) is 34.5 Å². The van der Waals surface area contributed by atoms with Gasteiger partial charge >= 0.3 is 0 Å². The van der Waals surface area contributed by atoms with Gasteiger partial charge in [-0.3, -0.25) is 0 Å². The smallest absolute Gasteiger partial charge is 0.240 e. The van der Waals surface area contributed by atoms with Crippen molar-refractivity contribution in [2.24, 2.45) is 5.92 Å². The first-order valence-corrected chi connectivity index (χ1v) is 8.73. The van der Waals surface area contributed by atoms with Gasteiger partial charge in [-0.05, 0) is 46.5 Å². The Morgan fingerprint density at radius 3 is 2.70 bits per heavy atom. The maximum atomic E-state index is 12.0. The Kier molecular flexibility index (Phi) is 6.94. The molecule has 114 valence electrons. The van der Waals surface area contributed by atoms with Crippen molar-refractivity contribution in [2.45, 2.75) is 25.2 Å². The summed E-state index contributed by atoms with van der Waals surface area (Å²) in [6, 6.07) is 4.56. The molecule has 0 aliphatic rings. The summed E-state index contributed by atoms with van der Waals surface area (Å²) in [6.07, 6.45) is 0.637. The van der Waals surface area contributed by atoms with Gasteiger partial charge < -0.3 is 10.5 Å². The van der Waals surface area contributed by atoms with Crippen LogP contribution in [-0.4, -0.2) is 28.2 Å². The van der Waals surface area contributed by atoms with Crippen LogP contribution in [0.2, 0.25) is 0 Å². The van der Waals surface area contributed by atoms with Crippen molar-refractivity contribution in [1.29, 1.82) is 0 Å². The number of ether oxygens (including phenoxy) is 1. The van der Waals surface area contributed by atoms with Crippen molar-refractivity contribution >= 4 is 31.6 Å². The summed E-state index contributed by atoms with van der Waals surface area (Å²) in [7, 11) is -3.51. The molecular weight excluding hydrogens is 344 g/mol. The molecule has 0 aliphatic heterocycles. The molecule has 0 fully saturated rings.